The van der Waals surface area contributed by atoms with Crippen LogP contribution in [0.4, 0.5) is 5.69 Å². The van der Waals surface area contributed by atoms with E-state index in [1.165, 1.54) is 0 Å². The molecule has 4 aliphatic rings. The summed E-state index contributed by atoms with van der Waals surface area (Å²) in [6.45, 7) is 7.40. The molecule has 2 saturated heterocycles. The first kappa shape index (κ1) is 28.2. The predicted molar refractivity (Wildman–Crippen MR) is 161 cm³/mol. The quantitative estimate of drug-likeness (QED) is 0.445. The van der Waals surface area contributed by atoms with Gasteiger partial charge in [-0.25, -0.2) is 0 Å². The SMILES string of the molecule is CC(C)(C)c1ccc(N(C(=O)[C@@H]2C3COC4OCC2C4C3)C(C(=O)N[C@@H]2c3ccccc3C[C@@H]2O)c2cccnc2)cc1. The van der Waals surface area contributed by atoms with E-state index in [1.54, 1.807) is 23.4 Å². The van der Waals surface area contributed by atoms with Crippen molar-refractivity contribution in [2.75, 3.05) is 18.1 Å². The molecule has 2 N–H and O–H groups in total. The number of ether oxygens (including phenoxy) is 2. The number of carbonyl (C=O) groups excluding carboxylic acids is 2. The second-order valence-corrected chi connectivity index (χ2v) is 13.5. The molecule has 8 heteroatoms. The average molecular weight is 582 g/mol. The number of anilines is 1. The number of nitrogens with one attached hydrogen (secondary N) is 1. The van der Waals surface area contributed by atoms with Crippen LogP contribution in [0.1, 0.15) is 61.5 Å². The van der Waals surface area contributed by atoms with Crippen molar-refractivity contribution >= 4 is 17.5 Å². The minimum Gasteiger partial charge on any atom is -0.390 e. The lowest BCUT2D eigenvalue weighted by Gasteiger charge is -2.37. The van der Waals surface area contributed by atoms with Gasteiger partial charge in [0.05, 0.1) is 25.4 Å². The number of rotatable bonds is 6. The number of nitrogens with zero attached hydrogens (tertiary/aromatic N) is 2. The van der Waals surface area contributed by atoms with Crippen molar-refractivity contribution < 1.29 is 24.2 Å². The van der Waals surface area contributed by atoms with E-state index in [-0.39, 0.29) is 47.2 Å². The Morgan fingerprint density at radius 2 is 1.77 bits per heavy atom. The van der Waals surface area contributed by atoms with E-state index in [4.69, 9.17) is 9.47 Å². The fraction of sp³-hybridized carbons (Fsp3) is 0.457. The maximum Gasteiger partial charge on any atom is 0.248 e. The van der Waals surface area contributed by atoms with Gasteiger partial charge < -0.3 is 19.9 Å². The smallest absolute Gasteiger partial charge is 0.248 e. The van der Waals surface area contributed by atoms with Crippen molar-refractivity contribution in [3.8, 4) is 0 Å². The lowest BCUT2D eigenvalue weighted by molar-refractivity contribution is -0.167. The van der Waals surface area contributed by atoms with Gasteiger partial charge in [-0.15, -0.1) is 0 Å². The van der Waals surface area contributed by atoms with Crippen molar-refractivity contribution in [3.63, 3.8) is 0 Å². The molecule has 43 heavy (non-hydrogen) atoms. The number of fused-ring (bicyclic) bond motifs is 2. The van der Waals surface area contributed by atoms with Gasteiger partial charge in [0, 0.05) is 47.8 Å². The third-order valence-electron chi connectivity index (χ3n) is 9.91. The Hall–Kier alpha value is -3.59. The van der Waals surface area contributed by atoms with E-state index >= 15 is 0 Å². The minimum absolute atomic E-state index is 0.0440. The summed E-state index contributed by atoms with van der Waals surface area (Å²) in [6, 6.07) is 17.8. The monoisotopic (exact) mass is 581 g/mol. The summed E-state index contributed by atoms with van der Waals surface area (Å²) in [5, 5.41) is 14.1. The third-order valence-corrected chi connectivity index (χ3v) is 9.91. The third kappa shape index (κ3) is 4.95. The number of pyridine rings is 1. The van der Waals surface area contributed by atoms with E-state index in [0.29, 0.717) is 30.9 Å². The topological polar surface area (TPSA) is 101 Å². The summed E-state index contributed by atoms with van der Waals surface area (Å²) in [7, 11) is 0. The molecule has 1 saturated carbocycles. The number of carbonyl (C=O) groups is 2. The molecule has 2 bridgehead atoms. The second-order valence-electron chi connectivity index (χ2n) is 13.5. The summed E-state index contributed by atoms with van der Waals surface area (Å²) in [6.07, 6.45) is 3.65. The average Bonchev–Trinajstić information content (AvgIpc) is 3.64. The van der Waals surface area contributed by atoms with Crippen LogP contribution in [-0.4, -0.2) is 47.5 Å². The van der Waals surface area contributed by atoms with E-state index in [1.807, 2.05) is 54.6 Å². The number of hydrogen-bond donors (Lipinski definition) is 2. The van der Waals surface area contributed by atoms with Crippen LogP contribution >= 0.6 is 0 Å². The van der Waals surface area contributed by atoms with Gasteiger partial charge in [0.2, 0.25) is 11.8 Å². The van der Waals surface area contributed by atoms with Crippen molar-refractivity contribution in [2.24, 2.45) is 23.7 Å². The predicted octanol–water partition coefficient (Wildman–Crippen LogP) is 4.48. The van der Waals surface area contributed by atoms with Crippen LogP contribution in [0.15, 0.2) is 73.1 Å². The fourth-order valence-electron chi connectivity index (χ4n) is 7.72. The van der Waals surface area contributed by atoms with Crippen molar-refractivity contribution in [1.82, 2.24) is 10.3 Å². The molecule has 5 unspecified atom stereocenters. The molecule has 3 aromatic rings. The normalized spacial score (nSPS) is 29.6. The molecule has 3 fully saturated rings. The molecule has 3 heterocycles. The zero-order valence-electron chi connectivity index (χ0n) is 24.9. The molecule has 2 aromatic carbocycles. The van der Waals surface area contributed by atoms with Crippen LogP contribution < -0.4 is 10.2 Å². The van der Waals surface area contributed by atoms with Gasteiger partial charge in [-0.2, -0.15) is 0 Å². The van der Waals surface area contributed by atoms with Crippen molar-refractivity contribution in [1.29, 1.82) is 0 Å². The molecular weight excluding hydrogens is 542 g/mol. The Labute approximate surface area is 252 Å². The van der Waals surface area contributed by atoms with Gasteiger partial charge in [0.25, 0.3) is 0 Å². The zero-order chi connectivity index (χ0) is 29.9. The van der Waals surface area contributed by atoms with Crippen LogP contribution in [0.5, 0.6) is 0 Å². The molecule has 1 aromatic heterocycles. The number of amides is 2. The van der Waals surface area contributed by atoms with E-state index in [0.717, 1.165) is 23.1 Å². The van der Waals surface area contributed by atoms with Gasteiger partial charge >= 0.3 is 0 Å². The van der Waals surface area contributed by atoms with Gasteiger partial charge in [0.15, 0.2) is 6.29 Å². The first-order valence-electron chi connectivity index (χ1n) is 15.3. The lowest BCUT2D eigenvalue weighted by Crippen LogP contribution is -2.49. The molecule has 2 aliphatic carbocycles. The molecule has 0 radical (unpaired) electrons. The van der Waals surface area contributed by atoms with Crippen LogP contribution in [0.3, 0.4) is 0 Å². The second kappa shape index (κ2) is 10.8. The molecule has 2 amide bonds. The van der Waals surface area contributed by atoms with Crippen LogP contribution in [0.2, 0.25) is 0 Å². The maximum atomic E-state index is 14.9. The van der Waals surface area contributed by atoms with Crippen LogP contribution in [0, 0.1) is 23.7 Å². The van der Waals surface area contributed by atoms with Crippen molar-refractivity contribution in [3.05, 3.63) is 95.3 Å². The highest BCUT2D eigenvalue weighted by Crippen LogP contribution is 2.53. The van der Waals surface area contributed by atoms with Crippen LogP contribution in [-0.2, 0) is 30.9 Å². The molecule has 7 rings (SSSR count). The van der Waals surface area contributed by atoms with Gasteiger partial charge in [-0.05, 0) is 52.6 Å². The Kier molecular flexibility index (Phi) is 7.11. The lowest BCUT2D eigenvalue weighted by atomic mass is 9.85. The van der Waals surface area contributed by atoms with E-state index in [2.05, 4.69) is 31.1 Å². The molecule has 0 spiro atoms. The van der Waals surface area contributed by atoms with Gasteiger partial charge in [-0.3, -0.25) is 19.5 Å². The van der Waals surface area contributed by atoms with E-state index < -0.39 is 18.2 Å². The van der Waals surface area contributed by atoms with E-state index in [9.17, 15) is 14.7 Å². The Balaban J connectivity index is 1.31. The molecule has 8 nitrogen and oxygen atoms in total. The standard InChI is InChI=1S/C35H39N3O5/c1-35(2,3)23-10-12-24(13-11-23)38(33(41)29-22-15-26-27(29)19-43-34(26)42-18-22)31(21-8-6-14-36-17-21)32(40)37-30-25-9-5-4-7-20(25)16-28(30)39/h4-14,17,22,26-31,34,39H,15-16,18-19H2,1-3H3,(H,37,40)/t22?,26?,27?,28-,29+,30+,31?,34?/m0/s1. The Bertz CT molecular complexity index is 1500. The molecule has 8 atom stereocenters. The van der Waals surface area contributed by atoms with Gasteiger partial charge in [0.1, 0.15) is 6.04 Å². The number of aliphatic hydroxyl groups is 1. The number of benzene rings is 2. The first-order valence-corrected chi connectivity index (χ1v) is 15.3. The van der Waals surface area contributed by atoms with Crippen LogP contribution in [0.25, 0.3) is 0 Å². The summed E-state index contributed by atoms with van der Waals surface area (Å²) < 4.78 is 11.9. The summed E-state index contributed by atoms with van der Waals surface area (Å²) in [5.41, 5.74) is 4.22. The zero-order valence-corrected chi connectivity index (χ0v) is 24.9. The fourth-order valence-corrected chi connectivity index (χ4v) is 7.72. The Morgan fingerprint density at radius 1 is 1.00 bits per heavy atom. The molecule has 2 aliphatic heterocycles. The molecular formula is C35H39N3O5. The van der Waals surface area contributed by atoms with Crippen molar-refractivity contribution in [2.45, 2.75) is 63.5 Å². The molecule has 224 valence electrons. The highest BCUT2D eigenvalue weighted by molar-refractivity contribution is 6.03. The van der Waals surface area contributed by atoms with Gasteiger partial charge in [-0.1, -0.05) is 63.2 Å². The summed E-state index contributed by atoms with van der Waals surface area (Å²) >= 11 is 0. The Morgan fingerprint density at radius 3 is 2.51 bits per heavy atom. The largest absolute Gasteiger partial charge is 0.390 e. The highest BCUT2D eigenvalue weighted by atomic mass is 16.7. The highest BCUT2D eigenvalue weighted by Gasteiger charge is 2.58. The summed E-state index contributed by atoms with van der Waals surface area (Å²) in [4.78, 5) is 35.5. The summed E-state index contributed by atoms with van der Waals surface area (Å²) in [5.74, 6) is -0.493. The minimum atomic E-state index is -0.999. The number of hydrogen-bond acceptors (Lipinski definition) is 6. The number of aromatic nitrogens is 1. The maximum absolute atomic E-state index is 14.9. The first-order chi connectivity index (χ1) is 20.7. The number of aliphatic hydroxyl groups excluding tert-OH is 1.